The zero-order chi connectivity index (χ0) is 24.4. The van der Waals surface area contributed by atoms with Gasteiger partial charge in [0.05, 0.1) is 16.4 Å². The number of para-hydroxylation sites is 2. The summed E-state index contributed by atoms with van der Waals surface area (Å²) in [5.41, 5.74) is 2.66. The number of carboxylic acids is 1. The first-order valence-electron chi connectivity index (χ1n) is 10.4. The van der Waals surface area contributed by atoms with Crippen LogP contribution < -0.4 is 10.6 Å². The molecule has 0 aliphatic heterocycles. The normalized spacial score (nSPS) is 10.7. The molecule has 0 amide bonds. The van der Waals surface area contributed by atoms with Crippen LogP contribution in [0, 0.1) is 0 Å². The third kappa shape index (κ3) is 4.65. The molecule has 0 saturated heterocycles. The first kappa shape index (κ1) is 22.4. The second-order valence-electron chi connectivity index (χ2n) is 7.44. The fraction of sp³-hybridized carbons (Fsp3) is 0. The fourth-order valence-electron chi connectivity index (χ4n) is 3.44. The number of carbonyl (C=O) groups is 2. The minimum atomic E-state index is -1.24. The van der Waals surface area contributed by atoms with E-state index in [0.717, 1.165) is 31.7 Å². The lowest BCUT2D eigenvalue weighted by Crippen LogP contribution is -2.25. The van der Waals surface area contributed by atoms with Gasteiger partial charge in [-0.15, -0.1) is 11.3 Å². The first-order chi connectivity index (χ1) is 17.0. The molecule has 0 saturated carbocycles. The topological polar surface area (TPSA) is 109 Å². The molecule has 10 heteroatoms. The zero-order valence-electron chi connectivity index (χ0n) is 18.0. The molecule has 172 valence electrons. The molecule has 8 nitrogen and oxygen atoms in total. The SMILES string of the molecule is O=C(O)c1cnn(C(=O)c2ccc(-c3nc4ccccc4s3)cc2)c1NC(=S)Nc1ccccc1. The van der Waals surface area contributed by atoms with Gasteiger partial charge in [-0.1, -0.05) is 42.5 Å². The Morgan fingerprint density at radius 3 is 2.34 bits per heavy atom. The summed E-state index contributed by atoms with van der Waals surface area (Å²) < 4.78 is 2.07. The molecule has 3 N–H and O–H groups in total. The average Bonchev–Trinajstić information content (AvgIpc) is 3.49. The molecular weight excluding hydrogens is 482 g/mol. The van der Waals surface area contributed by atoms with Gasteiger partial charge in [0.1, 0.15) is 10.6 Å². The summed E-state index contributed by atoms with van der Waals surface area (Å²) in [6, 6.07) is 24.0. The molecule has 0 fully saturated rings. The van der Waals surface area contributed by atoms with Crippen LogP contribution in [0.4, 0.5) is 11.5 Å². The highest BCUT2D eigenvalue weighted by Crippen LogP contribution is 2.30. The number of thiazole rings is 1. The van der Waals surface area contributed by atoms with E-state index < -0.39 is 11.9 Å². The minimum absolute atomic E-state index is 0.0359. The van der Waals surface area contributed by atoms with Crippen LogP contribution in [-0.2, 0) is 0 Å². The Balaban J connectivity index is 1.40. The molecule has 0 bridgehead atoms. The smallest absolute Gasteiger partial charge is 0.341 e. The lowest BCUT2D eigenvalue weighted by molar-refractivity contribution is 0.0698. The van der Waals surface area contributed by atoms with Crippen LogP contribution in [0.1, 0.15) is 20.7 Å². The van der Waals surface area contributed by atoms with Gasteiger partial charge < -0.3 is 15.7 Å². The number of carboxylic acid groups (broad SMARTS) is 1. The van der Waals surface area contributed by atoms with Crippen LogP contribution in [0.5, 0.6) is 0 Å². The van der Waals surface area contributed by atoms with E-state index in [0.29, 0.717) is 11.3 Å². The number of benzene rings is 3. The van der Waals surface area contributed by atoms with Gasteiger partial charge >= 0.3 is 5.97 Å². The molecule has 5 rings (SSSR count). The number of nitrogens with one attached hydrogen (secondary N) is 2. The van der Waals surface area contributed by atoms with Crippen molar-refractivity contribution in [2.24, 2.45) is 0 Å². The second kappa shape index (κ2) is 9.45. The highest BCUT2D eigenvalue weighted by molar-refractivity contribution is 7.80. The number of carbonyl (C=O) groups excluding carboxylic acids is 1. The summed E-state index contributed by atoms with van der Waals surface area (Å²) in [7, 11) is 0. The minimum Gasteiger partial charge on any atom is -0.477 e. The van der Waals surface area contributed by atoms with E-state index >= 15 is 0 Å². The molecule has 0 radical (unpaired) electrons. The summed E-state index contributed by atoms with van der Waals surface area (Å²) in [6.45, 7) is 0. The molecule has 0 unspecified atom stereocenters. The van der Waals surface area contributed by atoms with Crippen molar-refractivity contribution in [2.45, 2.75) is 0 Å². The predicted octanol–water partition coefficient (Wildman–Crippen LogP) is 5.36. The van der Waals surface area contributed by atoms with Crippen molar-refractivity contribution in [2.75, 3.05) is 10.6 Å². The number of hydrogen-bond acceptors (Lipinski definition) is 6. The number of nitrogens with zero attached hydrogens (tertiary/aromatic N) is 3. The average molecular weight is 500 g/mol. The Morgan fingerprint density at radius 1 is 0.914 bits per heavy atom. The number of aromatic nitrogens is 3. The summed E-state index contributed by atoms with van der Waals surface area (Å²) in [4.78, 5) is 29.6. The highest BCUT2D eigenvalue weighted by Gasteiger charge is 2.23. The third-order valence-electron chi connectivity index (χ3n) is 5.13. The maximum atomic E-state index is 13.2. The molecule has 5 aromatic rings. The lowest BCUT2D eigenvalue weighted by atomic mass is 10.1. The molecule has 35 heavy (non-hydrogen) atoms. The summed E-state index contributed by atoms with van der Waals surface area (Å²) in [5.74, 6) is -1.77. The van der Waals surface area contributed by atoms with Crippen LogP contribution in [-0.4, -0.2) is 36.9 Å². The van der Waals surface area contributed by atoms with Gasteiger partial charge in [0.15, 0.2) is 10.9 Å². The van der Waals surface area contributed by atoms with Gasteiger partial charge in [0, 0.05) is 16.8 Å². The van der Waals surface area contributed by atoms with Crippen molar-refractivity contribution in [3.8, 4) is 10.6 Å². The van der Waals surface area contributed by atoms with E-state index in [2.05, 4.69) is 20.7 Å². The van der Waals surface area contributed by atoms with Gasteiger partial charge in [0.25, 0.3) is 5.91 Å². The van der Waals surface area contributed by atoms with Gasteiger partial charge in [-0.05, 0) is 48.6 Å². The Bertz CT molecular complexity index is 1530. The quantitative estimate of drug-likeness (QED) is 0.278. The summed E-state index contributed by atoms with van der Waals surface area (Å²) in [5, 5.41) is 20.3. The Morgan fingerprint density at radius 2 is 1.63 bits per heavy atom. The molecule has 3 aromatic carbocycles. The standard InChI is InChI=1S/C25H17N5O3S2/c31-23(16-12-10-15(11-13-16)22-28-19-8-4-5-9-20(19)35-22)30-21(18(14-26-30)24(32)33)29-25(34)27-17-6-2-1-3-7-17/h1-14H,(H,32,33)(H2,27,29,34). The largest absolute Gasteiger partial charge is 0.477 e. The number of fused-ring (bicyclic) bond motifs is 1. The van der Waals surface area contributed by atoms with Gasteiger partial charge in [-0.25, -0.2) is 9.78 Å². The molecule has 0 atom stereocenters. The Kier molecular flexibility index (Phi) is 6.04. The first-order valence-corrected chi connectivity index (χ1v) is 11.7. The van der Waals surface area contributed by atoms with E-state index in [1.54, 1.807) is 35.6 Å². The molecule has 2 aromatic heterocycles. The number of thiocarbonyl (C=S) groups is 1. The highest BCUT2D eigenvalue weighted by atomic mass is 32.1. The Labute approximate surface area is 208 Å². The molecule has 0 aliphatic rings. The van der Waals surface area contributed by atoms with E-state index in [-0.39, 0.29) is 16.5 Å². The van der Waals surface area contributed by atoms with E-state index in [9.17, 15) is 14.7 Å². The monoisotopic (exact) mass is 499 g/mol. The van der Waals surface area contributed by atoms with Crippen LogP contribution in [0.25, 0.3) is 20.8 Å². The maximum absolute atomic E-state index is 13.2. The fourth-order valence-corrected chi connectivity index (χ4v) is 4.63. The number of aromatic carboxylic acids is 1. The van der Waals surface area contributed by atoms with Crippen molar-refractivity contribution in [1.82, 2.24) is 14.8 Å². The van der Waals surface area contributed by atoms with Crippen molar-refractivity contribution in [1.29, 1.82) is 0 Å². The number of rotatable bonds is 5. The maximum Gasteiger partial charge on any atom is 0.341 e. The van der Waals surface area contributed by atoms with Crippen molar-refractivity contribution in [3.63, 3.8) is 0 Å². The predicted molar refractivity (Wildman–Crippen MR) is 140 cm³/mol. The number of anilines is 2. The van der Waals surface area contributed by atoms with E-state index in [4.69, 9.17) is 12.2 Å². The van der Waals surface area contributed by atoms with Crippen LogP contribution >= 0.6 is 23.6 Å². The second-order valence-corrected chi connectivity index (χ2v) is 8.88. The van der Waals surface area contributed by atoms with Crippen LogP contribution in [0.3, 0.4) is 0 Å². The molecule has 0 spiro atoms. The summed E-state index contributed by atoms with van der Waals surface area (Å²) >= 11 is 6.89. The lowest BCUT2D eigenvalue weighted by Gasteiger charge is -2.13. The molecular formula is C25H17N5O3S2. The Hall–Kier alpha value is -4.41. The summed E-state index contributed by atoms with van der Waals surface area (Å²) in [6.07, 6.45) is 1.11. The van der Waals surface area contributed by atoms with Crippen LogP contribution in [0.2, 0.25) is 0 Å². The van der Waals surface area contributed by atoms with Crippen molar-refractivity contribution < 1.29 is 14.7 Å². The van der Waals surface area contributed by atoms with Gasteiger partial charge in [-0.2, -0.15) is 9.78 Å². The third-order valence-corrected chi connectivity index (χ3v) is 6.42. The molecule has 2 heterocycles. The van der Waals surface area contributed by atoms with E-state index in [1.165, 1.54) is 0 Å². The van der Waals surface area contributed by atoms with Crippen molar-refractivity contribution in [3.05, 3.63) is 96.2 Å². The molecule has 0 aliphatic carbocycles. The van der Waals surface area contributed by atoms with Gasteiger partial charge in [-0.3, -0.25) is 4.79 Å². The van der Waals surface area contributed by atoms with Gasteiger partial charge in [0.2, 0.25) is 0 Å². The van der Waals surface area contributed by atoms with E-state index in [1.807, 2.05) is 54.6 Å². The van der Waals surface area contributed by atoms with Crippen LogP contribution in [0.15, 0.2) is 85.1 Å². The van der Waals surface area contributed by atoms with Crippen molar-refractivity contribution >= 4 is 62.3 Å². The number of hydrogen-bond donors (Lipinski definition) is 3. The zero-order valence-corrected chi connectivity index (χ0v) is 19.6.